The van der Waals surface area contributed by atoms with Gasteiger partial charge in [-0.1, -0.05) is 12.1 Å². The Morgan fingerprint density at radius 2 is 2.00 bits per heavy atom. The van der Waals surface area contributed by atoms with Crippen molar-refractivity contribution in [2.24, 2.45) is 0 Å². The van der Waals surface area contributed by atoms with Gasteiger partial charge < -0.3 is 5.32 Å². The van der Waals surface area contributed by atoms with E-state index < -0.39 is 0 Å². The number of amides is 1. The van der Waals surface area contributed by atoms with E-state index in [1.54, 1.807) is 23.7 Å². The third-order valence-electron chi connectivity index (χ3n) is 4.97. The SMILES string of the molecule is CC(C)n1ncc2c(C(=O)Nc3cccc4ncccc34)cc(-c3cccs3)nc21. The molecular formula is C23H19N5OS. The molecule has 0 fully saturated rings. The number of hydrogen-bond acceptors (Lipinski definition) is 5. The van der Waals surface area contributed by atoms with E-state index in [0.717, 1.165) is 32.5 Å². The fourth-order valence-electron chi connectivity index (χ4n) is 3.54. The van der Waals surface area contributed by atoms with Gasteiger partial charge in [-0.3, -0.25) is 9.78 Å². The summed E-state index contributed by atoms with van der Waals surface area (Å²) in [6.45, 7) is 4.10. The largest absolute Gasteiger partial charge is 0.321 e. The third-order valence-corrected chi connectivity index (χ3v) is 5.86. The average molecular weight is 414 g/mol. The maximum atomic E-state index is 13.4. The van der Waals surface area contributed by atoms with E-state index in [0.29, 0.717) is 11.2 Å². The Kier molecular flexibility index (Phi) is 4.52. The predicted octanol–water partition coefficient (Wildman–Crippen LogP) is 5.54. The van der Waals surface area contributed by atoms with Crippen molar-refractivity contribution in [3.05, 3.63) is 71.9 Å². The predicted molar refractivity (Wildman–Crippen MR) is 121 cm³/mol. The van der Waals surface area contributed by atoms with E-state index >= 15 is 0 Å². The molecule has 148 valence electrons. The van der Waals surface area contributed by atoms with E-state index in [-0.39, 0.29) is 11.9 Å². The molecule has 4 aromatic heterocycles. The van der Waals surface area contributed by atoms with Crippen LogP contribution in [-0.2, 0) is 0 Å². The number of thiophene rings is 1. The molecule has 0 atom stereocenters. The van der Waals surface area contributed by atoms with Crippen LogP contribution in [0.4, 0.5) is 5.69 Å². The Morgan fingerprint density at radius 3 is 2.80 bits per heavy atom. The van der Waals surface area contributed by atoms with Crippen LogP contribution in [-0.4, -0.2) is 25.7 Å². The molecule has 1 aromatic carbocycles. The molecule has 0 aliphatic carbocycles. The first-order valence-electron chi connectivity index (χ1n) is 9.69. The molecular weight excluding hydrogens is 394 g/mol. The molecule has 0 saturated carbocycles. The minimum atomic E-state index is -0.195. The minimum absolute atomic E-state index is 0.133. The van der Waals surface area contributed by atoms with Crippen molar-refractivity contribution in [2.45, 2.75) is 19.9 Å². The Bertz CT molecular complexity index is 1370. The maximum Gasteiger partial charge on any atom is 0.256 e. The lowest BCUT2D eigenvalue weighted by atomic mass is 10.1. The summed E-state index contributed by atoms with van der Waals surface area (Å²) in [4.78, 5) is 23.6. The van der Waals surface area contributed by atoms with E-state index in [1.165, 1.54) is 0 Å². The van der Waals surface area contributed by atoms with Gasteiger partial charge in [0.25, 0.3) is 5.91 Å². The van der Waals surface area contributed by atoms with Gasteiger partial charge in [-0.15, -0.1) is 11.3 Å². The lowest BCUT2D eigenvalue weighted by Gasteiger charge is -2.11. The van der Waals surface area contributed by atoms with Crippen LogP contribution in [0.1, 0.15) is 30.2 Å². The molecule has 5 aromatic rings. The molecule has 0 saturated heterocycles. The fraction of sp³-hybridized carbons (Fsp3) is 0.130. The highest BCUT2D eigenvalue weighted by atomic mass is 32.1. The topological polar surface area (TPSA) is 72.7 Å². The van der Waals surface area contributed by atoms with Crippen LogP contribution in [0.3, 0.4) is 0 Å². The molecule has 0 aliphatic heterocycles. The summed E-state index contributed by atoms with van der Waals surface area (Å²) in [6.07, 6.45) is 3.47. The lowest BCUT2D eigenvalue weighted by molar-refractivity contribution is 0.102. The molecule has 0 radical (unpaired) electrons. The summed E-state index contributed by atoms with van der Waals surface area (Å²) in [7, 11) is 0. The molecule has 0 bridgehead atoms. The number of hydrogen-bond donors (Lipinski definition) is 1. The molecule has 0 spiro atoms. The number of pyridine rings is 2. The quantitative estimate of drug-likeness (QED) is 0.420. The van der Waals surface area contributed by atoms with Crippen molar-refractivity contribution in [3.8, 4) is 10.6 Å². The molecule has 30 heavy (non-hydrogen) atoms. The number of nitrogens with one attached hydrogen (secondary N) is 1. The van der Waals surface area contributed by atoms with Crippen molar-refractivity contribution in [1.29, 1.82) is 0 Å². The zero-order chi connectivity index (χ0) is 20.7. The number of aromatic nitrogens is 4. The highest BCUT2D eigenvalue weighted by Crippen LogP contribution is 2.30. The lowest BCUT2D eigenvalue weighted by Crippen LogP contribution is -2.13. The Morgan fingerprint density at radius 1 is 1.10 bits per heavy atom. The first kappa shape index (κ1) is 18.4. The summed E-state index contributed by atoms with van der Waals surface area (Å²) in [5.41, 5.74) is 3.59. The van der Waals surface area contributed by atoms with Gasteiger partial charge in [-0.2, -0.15) is 5.10 Å². The van der Waals surface area contributed by atoms with Gasteiger partial charge in [0.05, 0.1) is 38.9 Å². The van der Waals surface area contributed by atoms with E-state index in [2.05, 4.69) is 29.2 Å². The standard InChI is InChI=1S/C23H19N5OS/c1-14(2)28-22-17(13-25-28)16(12-20(26-22)21-9-5-11-30-21)23(29)27-19-8-3-7-18-15(19)6-4-10-24-18/h3-14H,1-2H3,(H,27,29). The number of fused-ring (bicyclic) bond motifs is 2. The van der Waals surface area contributed by atoms with Crippen molar-refractivity contribution < 1.29 is 4.79 Å². The van der Waals surface area contributed by atoms with Gasteiger partial charge in [-0.25, -0.2) is 9.67 Å². The van der Waals surface area contributed by atoms with Crippen LogP contribution in [0.2, 0.25) is 0 Å². The zero-order valence-electron chi connectivity index (χ0n) is 16.5. The summed E-state index contributed by atoms with van der Waals surface area (Å²) < 4.78 is 1.85. The number of nitrogens with zero attached hydrogens (tertiary/aromatic N) is 4. The number of rotatable bonds is 4. The molecule has 0 aliphatic rings. The van der Waals surface area contributed by atoms with Crippen LogP contribution >= 0.6 is 11.3 Å². The smallest absolute Gasteiger partial charge is 0.256 e. The van der Waals surface area contributed by atoms with Gasteiger partial charge in [0, 0.05) is 17.6 Å². The normalized spacial score (nSPS) is 11.4. The van der Waals surface area contributed by atoms with Gasteiger partial charge in [-0.05, 0) is 55.6 Å². The van der Waals surface area contributed by atoms with Crippen molar-refractivity contribution >= 4 is 44.9 Å². The third kappa shape index (κ3) is 3.13. The number of carbonyl (C=O) groups excluding carboxylic acids is 1. The second-order valence-corrected chi connectivity index (χ2v) is 8.23. The highest BCUT2D eigenvalue weighted by molar-refractivity contribution is 7.13. The first-order valence-corrected chi connectivity index (χ1v) is 10.6. The van der Waals surface area contributed by atoms with Crippen molar-refractivity contribution in [1.82, 2.24) is 19.7 Å². The Labute approximate surface area is 177 Å². The summed E-state index contributed by atoms with van der Waals surface area (Å²) in [6, 6.07) is 15.5. The van der Waals surface area contributed by atoms with Crippen LogP contribution in [0, 0.1) is 0 Å². The number of carbonyl (C=O) groups is 1. The van der Waals surface area contributed by atoms with E-state index in [9.17, 15) is 4.79 Å². The van der Waals surface area contributed by atoms with Gasteiger partial charge in [0.15, 0.2) is 5.65 Å². The van der Waals surface area contributed by atoms with Crippen LogP contribution in [0.25, 0.3) is 32.5 Å². The van der Waals surface area contributed by atoms with E-state index in [1.807, 2.05) is 58.6 Å². The molecule has 1 amide bonds. The summed E-state index contributed by atoms with van der Waals surface area (Å²) in [5.74, 6) is -0.195. The second-order valence-electron chi connectivity index (χ2n) is 7.28. The van der Waals surface area contributed by atoms with Gasteiger partial charge in [0.1, 0.15) is 0 Å². The zero-order valence-corrected chi connectivity index (χ0v) is 17.4. The molecule has 0 unspecified atom stereocenters. The molecule has 6 nitrogen and oxygen atoms in total. The minimum Gasteiger partial charge on any atom is -0.321 e. The van der Waals surface area contributed by atoms with Crippen LogP contribution < -0.4 is 5.32 Å². The Balaban J connectivity index is 1.64. The number of anilines is 1. The summed E-state index contributed by atoms with van der Waals surface area (Å²) in [5, 5.41) is 11.2. The Hall–Kier alpha value is -3.58. The molecule has 7 heteroatoms. The highest BCUT2D eigenvalue weighted by Gasteiger charge is 2.19. The number of benzene rings is 1. The van der Waals surface area contributed by atoms with Crippen molar-refractivity contribution in [3.63, 3.8) is 0 Å². The second kappa shape index (κ2) is 7.35. The molecule has 4 heterocycles. The molecule has 5 rings (SSSR count). The van der Waals surface area contributed by atoms with Crippen molar-refractivity contribution in [2.75, 3.05) is 5.32 Å². The van der Waals surface area contributed by atoms with E-state index in [4.69, 9.17) is 4.98 Å². The van der Waals surface area contributed by atoms with Crippen LogP contribution in [0.15, 0.2) is 66.3 Å². The fourth-order valence-corrected chi connectivity index (χ4v) is 4.22. The maximum absolute atomic E-state index is 13.4. The average Bonchev–Trinajstić information content (AvgIpc) is 3.43. The molecule has 1 N–H and O–H groups in total. The van der Waals surface area contributed by atoms with Gasteiger partial charge in [0.2, 0.25) is 0 Å². The van der Waals surface area contributed by atoms with Crippen LogP contribution in [0.5, 0.6) is 0 Å². The first-order chi connectivity index (χ1) is 14.6. The van der Waals surface area contributed by atoms with Gasteiger partial charge >= 0.3 is 0 Å². The monoisotopic (exact) mass is 413 g/mol. The summed E-state index contributed by atoms with van der Waals surface area (Å²) >= 11 is 1.60.